The van der Waals surface area contributed by atoms with Gasteiger partial charge in [0.2, 0.25) is 0 Å². The van der Waals surface area contributed by atoms with Gasteiger partial charge in [0, 0.05) is 12.7 Å². The molecule has 0 fully saturated rings. The zero-order valence-corrected chi connectivity index (χ0v) is 9.48. The minimum Gasteiger partial charge on any atom is -0.335 e. The van der Waals surface area contributed by atoms with Crippen LogP contribution >= 0.6 is 12.4 Å². The van der Waals surface area contributed by atoms with Gasteiger partial charge in [0.25, 0.3) is 0 Å². The van der Waals surface area contributed by atoms with Gasteiger partial charge in [-0.25, -0.2) is 4.79 Å². The van der Waals surface area contributed by atoms with Crippen molar-refractivity contribution < 1.29 is 4.79 Å². The first-order chi connectivity index (χ1) is 7.40. The van der Waals surface area contributed by atoms with Crippen molar-refractivity contribution in [2.75, 3.05) is 0 Å². The lowest BCUT2D eigenvalue weighted by Crippen LogP contribution is -2.16. The van der Waals surface area contributed by atoms with E-state index >= 15 is 0 Å². The van der Waals surface area contributed by atoms with E-state index in [-0.39, 0.29) is 20.8 Å². The van der Waals surface area contributed by atoms with E-state index < -0.39 is 0 Å². The Labute approximate surface area is 109 Å². The predicted molar refractivity (Wildman–Crippen MR) is 76.7 cm³/mol. The van der Waals surface area contributed by atoms with Crippen molar-refractivity contribution >= 4 is 26.8 Å². The largest absolute Gasteiger partial charge is 0.335 e. The summed E-state index contributed by atoms with van der Waals surface area (Å²) in [7, 11) is 0. The molecule has 1 aromatic carbocycles. The fourth-order valence-electron chi connectivity index (χ4n) is 1.49. The van der Waals surface area contributed by atoms with E-state index in [0.29, 0.717) is 12.2 Å². The molecule has 0 aliphatic carbocycles. The van der Waals surface area contributed by atoms with Gasteiger partial charge in [-0.05, 0) is 17.7 Å². The van der Waals surface area contributed by atoms with Crippen molar-refractivity contribution in [1.29, 1.82) is 0 Å². The Morgan fingerprint density at radius 2 is 1.82 bits per heavy atom. The monoisotopic (exact) mass is 247 g/mol. The molecule has 0 bridgehead atoms. The molecule has 2 nitrogen and oxygen atoms in total. The number of benzene rings is 1. The molecular weight excluding hydrogens is 232 g/mol. The summed E-state index contributed by atoms with van der Waals surface area (Å²) in [6.07, 6.45) is 7.38. The quantitative estimate of drug-likeness (QED) is 0.583. The Morgan fingerprint density at radius 3 is 2.47 bits per heavy atom. The lowest BCUT2D eigenvalue weighted by Gasteiger charge is -2.20. The molecule has 0 aromatic heterocycles. The summed E-state index contributed by atoms with van der Waals surface area (Å²) in [5.74, 6) is 1.93. The van der Waals surface area contributed by atoms with E-state index in [1.54, 1.807) is 6.08 Å². The van der Waals surface area contributed by atoms with Crippen molar-refractivity contribution in [3.05, 3.63) is 66.0 Å². The molecule has 2 rings (SSSR count). The van der Waals surface area contributed by atoms with Crippen LogP contribution in [0.4, 0.5) is 0 Å². The van der Waals surface area contributed by atoms with Gasteiger partial charge >= 0.3 is 0 Å². The smallest absolute Gasteiger partial charge is 0.150 e. The van der Waals surface area contributed by atoms with Gasteiger partial charge in [0.1, 0.15) is 5.70 Å². The molecule has 0 atom stereocenters. The van der Waals surface area contributed by atoms with Crippen LogP contribution in [0.15, 0.2) is 60.5 Å². The standard InChI is InChI=1S/C13H11NO.BH3.ClH/c15-11-13-8-4-5-9-14(13)10-12-6-2-1-3-7-12;;/h1-9H,10H2;1H3;1H. The van der Waals surface area contributed by atoms with Crippen LogP contribution in [0.5, 0.6) is 0 Å². The minimum absolute atomic E-state index is 0. The Kier molecular flexibility index (Phi) is 6.80. The van der Waals surface area contributed by atoms with Gasteiger partial charge in [-0.3, -0.25) is 0 Å². The van der Waals surface area contributed by atoms with Crippen molar-refractivity contribution in [1.82, 2.24) is 4.90 Å². The molecule has 17 heavy (non-hydrogen) atoms. The molecule has 0 radical (unpaired) electrons. The molecule has 0 spiro atoms. The van der Waals surface area contributed by atoms with Gasteiger partial charge in [0.05, 0.1) is 8.41 Å². The highest BCUT2D eigenvalue weighted by atomic mass is 35.5. The van der Waals surface area contributed by atoms with Gasteiger partial charge < -0.3 is 4.90 Å². The highest BCUT2D eigenvalue weighted by Crippen LogP contribution is 2.13. The van der Waals surface area contributed by atoms with E-state index in [1.807, 2.05) is 59.5 Å². The molecule has 0 unspecified atom stereocenters. The first-order valence-corrected chi connectivity index (χ1v) is 4.81. The summed E-state index contributed by atoms with van der Waals surface area (Å²) in [6, 6.07) is 10.0. The number of nitrogens with zero attached hydrogens (tertiary/aromatic N) is 1. The predicted octanol–water partition coefficient (Wildman–Crippen LogP) is 1.53. The normalized spacial score (nSPS) is 12.5. The third kappa shape index (κ3) is 3.99. The van der Waals surface area contributed by atoms with Crippen LogP contribution in [-0.4, -0.2) is 19.3 Å². The third-order valence-corrected chi connectivity index (χ3v) is 2.24. The fourth-order valence-corrected chi connectivity index (χ4v) is 1.49. The Hall–Kier alpha value is -1.70. The Morgan fingerprint density at radius 1 is 1.12 bits per heavy atom. The maximum atomic E-state index is 10.7. The maximum absolute atomic E-state index is 10.7. The van der Waals surface area contributed by atoms with E-state index in [1.165, 1.54) is 5.56 Å². The number of carbonyl (C=O) groups excluding carboxylic acids is 1. The van der Waals surface area contributed by atoms with Gasteiger partial charge in [-0.2, -0.15) is 0 Å². The minimum atomic E-state index is 0. The zero-order valence-electron chi connectivity index (χ0n) is 8.67. The molecule has 88 valence electrons. The number of hydrogen-bond donors (Lipinski definition) is 0. The van der Waals surface area contributed by atoms with Gasteiger partial charge in [0.15, 0.2) is 5.94 Å². The molecule has 0 saturated carbocycles. The molecule has 1 aliphatic rings. The van der Waals surface area contributed by atoms with E-state index in [2.05, 4.69) is 0 Å². The Bertz CT molecular complexity index is 450. The molecule has 0 N–H and O–H groups in total. The van der Waals surface area contributed by atoms with E-state index in [9.17, 15) is 4.79 Å². The van der Waals surface area contributed by atoms with Crippen LogP contribution in [0.25, 0.3) is 0 Å². The fraction of sp³-hybridized carbons (Fsp3) is 0.0769. The average Bonchev–Trinajstić information content (AvgIpc) is 2.31. The first kappa shape index (κ1) is 15.3. The summed E-state index contributed by atoms with van der Waals surface area (Å²) >= 11 is 0. The number of rotatable bonds is 2. The highest BCUT2D eigenvalue weighted by molar-refractivity contribution is 5.85. The summed E-state index contributed by atoms with van der Waals surface area (Å²) in [5.41, 5.74) is 1.74. The maximum Gasteiger partial charge on any atom is 0.150 e. The van der Waals surface area contributed by atoms with E-state index in [0.717, 1.165) is 0 Å². The number of halogens is 1. The lowest BCUT2D eigenvalue weighted by atomic mass is 10.2. The number of hydrogen-bond acceptors (Lipinski definition) is 2. The lowest BCUT2D eigenvalue weighted by molar-refractivity contribution is 0.467. The van der Waals surface area contributed by atoms with Crippen LogP contribution in [0, 0.1) is 0 Å². The molecule has 0 amide bonds. The second-order valence-electron chi connectivity index (χ2n) is 3.30. The van der Waals surface area contributed by atoms with Crippen molar-refractivity contribution in [2.24, 2.45) is 0 Å². The van der Waals surface area contributed by atoms with Crippen LogP contribution < -0.4 is 0 Å². The van der Waals surface area contributed by atoms with Crippen molar-refractivity contribution in [2.45, 2.75) is 6.54 Å². The Balaban J connectivity index is 0.00000128. The van der Waals surface area contributed by atoms with Crippen LogP contribution in [0.1, 0.15) is 5.56 Å². The summed E-state index contributed by atoms with van der Waals surface area (Å²) in [5, 5.41) is 0. The first-order valence-electron chi connectivity index (χ1n) is 4.81. The van der Waals surface area contributed by atoms with Crippen LogP contribution in [0.3, 0.4) is 0 Å². The molecule has 1 aromatic rings. The second-order valence-corrected chi connectivity index (χ2v) is 3.30. The summed E-state index contributed by atoms with van der Waals surface area (Å²) in [6.45, 7) is 0.701. The SMILES string of the molecule is B.Cl.O=C=C1C=CC=CN1Cc1ccccc1. The molecular formula is C13H15BClNO. The van der Waals surface area contributed by atoms with Crippen LogP contribution in [0.2, 0.25) is 0 Å². The molecule has 4 heteroatoms. The summed E-state index contributed by atoms with van der Waals surface area (Å²) in [4.78, 5) is 12.5. The highest BCUT2D eigenvalue weighted by Gasteiger charge is 2.07. The van der Waals surface area contributed by atoms with Crippen molar-refractivity contribution in [3.63, 3.8) is 0 Å². The average molecular weight is 248 g/mol. The number of allylic oxidation sites excluding steroid dienone is 3. The third-order valence-electron chi connectivity index (χ3n) is 2.24. The van der Waals surface area contributed by atoms with Gasteiger partial charge in [-0.15, -0.1) is 12.4 Å². The molecule has 0 saturated heterocycles. The zero-order chi connectivity index (χ0) is 10.5. The van der Waals surface area contributed by atoms with Gasteiger partial charge in [-0.1, -0.05) is 36.4 Å². The van der Waals surface area contributed by atoms with Crippen molar-refractivity contribution in [3.8, 4) is 0 Å². The molecule has 1 aliphatic heterocycles. The van der Waals surface area contributed by atoms with Crippen LogP contribution in [-0.2, 0) is 11.3 Å². The second kappa shape index (κ2) is 7.56. The topological polar surface area (TPSA) is 20.3 Å². The summed E-state index contributed by atoms with van der Waals surface area (Å²) < 4.78 is 0. The van der Waals surface area contributed by atoms with E-state index in [4.69, 9.17) is 0 Å². The molecule has 1 heterocycles.